The van der Waals surface area contributed by atoms with Gasteiger partial charge in [-0.05, 0) is 13.0 Å². The van der Waals surface area contributed by atoms with Crippen LogP contribution in [0.2, 0.25) is 0 Å². The molecule has 0 unspecified atom stereocenters. The van der Waals surface area contributed by atoms with Crippen LogP contribution < -0.4 is 10.2 Å². The van der Waals surface area contributed by atoms with Crippen LogP contribution in [0.3, 0.4) is 0 Å². The molecule has 140 valence electrons. The highest BCUT2D eigenvalue weighted by atomic mass is 16.5. The van der Waals surface area contributed by atoms with E-state index < -0.39 is 0 Å². The molecule has 0 amide bonds. The molecule has 0 aliphatic heterocycles. The van der Waals surface area contributed by atoms with E-state index in [9.17, 15) is 4.79 Å². The van der Waals surface area contributed by atoms with E-state index in [-0.39, 0.29) is 35.3 Å². The van der Waals surface area contributed by atoms with Crippen LogP contribution in [0.15, 0.2) is 45.4 Å². The number of hydrogen-bond acceptors (Lipinski definition) is 9. The van der Waals surface area contributed by atoms with Gasteiger partial charge in [-0.1, -0.05) is 28.5 Å². The monoisotopic (exact) mass is 378 g/mol. The van der Waals surface area contributed by atoms with Gasteiger partial charge in [-0.15, -0.1) is 5.10 Å². The van der Waals surface area contributed by atoms with Crippen molar-refractivity contribution in [3.8, 4) is 5.88 Å². The quantitative estimate of drug-likeness (QED) is 0.307. The molecule has 0 radical (unpaired) electrons. The van der Waals surface area contributed by atoms with E-state index in [1.165, 1.54) is 6.07 Å². The first kappa shape index (κ1) is 17.3. The number of nitrogens with one attached hydrogen (secondary N) is 2. The van der Waals surface area contributed by atoms with Crippen molar-refractivity contribution in [3.63, 3.8) is 0 Å². The molecule has 0 spiro atoms. The standard InChI is InChI=1S/C18H14N6O4/c1-10-6-15(23-27-10)17(20)24-16(19)13-4-2-3-5-14(13)18(21-24)26-9-11-7-12(8-25)28-22-11/h2-8,19-20H,9H2,1H3. The van der Waals surface area contributed by atoms with Gasteiger partial charge < -0.3 is 13.8 Å². The Hall–Kier alpha value is -4.08. The summed E-state index contributed by atoms with van der Waals surface area (Å²) in [7, 11) is 0. The summed E-state index contributed by atoms with van der Waals surface area (Å²) in [4.78, 5) is 10.7. The largest absolute Gasteiger partial charge is 0.470 e. The summed E-state index contributed by atoms with van der Waals surface area (Å²) in [6.45, 7) is 1.71. The Bertz CT molecular complexity index is 1250. The summed E-state index contributed by atoms with van der Waals surface area (Å²) in [5.74, 6) is 0.715. The number of aromatic nitrogens is 4. The SMILES string of the molecule is Cc1cc(C(=N)n2nc(OCc3cc(C=O)on3)c3ccccc3c2=N)no1. The van der Waals surface area contributed by atoms with Gasteiger partial charge in [-0.25, -0.2) is 0 Å². The second kappa shape index (κ2) is 6.91. The molecule has 0 saturated carbocycles. The van der Waals surface area contributed by atoms with Gasteiger partial charge >= 0.3 is 0 Å². The van der Waals surface area contributed by atoms with Crippen LogP contribution in [0.1, 0.15) is 27.7 Å². The van der Waals surface area contributed by atoms with Crippen LogP contribution >= 0.6 is 0 Å². The zero-order valence-corrected chi connectivity index (χ0v) is 14.7. The lowest BCUT2D eigenvalue weighted by atomic mass is 10.2. The van der Waals surface area contributed by atoms with Crippen molar-refractivity contribution in [3.05, 3.63) is 64.8 Å². The first-order valence-corrected chi connectivity index (χ1v) is 8.19. The van der Waals surface area contributed by atoms with E-state index in [0.29, 0.717) is 28.5 Å². The lowest BCUT2D eigenvalue weighted by Gasteiger charge is -2.12. The second-order valence-electron chi connectivity index (χ2n) is 5.91. The third-order valence-corrected chi connectivity index (χ3v) is 3.95. The molecule has 0 aliphatic rings. The fourth-order valence-corrected chi connectivity index (χ4v) is 2.63. The van der Waals surface area contributed by atoms with Crippen molar-refractivity contribution in [2.75, 3.05) is 0 Å². The third kappa shape index (κ3) is 3.07. The van der Waals surface area contributed by atoms with Crippen molar-refractivity contribution in [2.24, 2.45) is 0 Å². The smallest absolute Gasteiger partial charge is 0.240 e. The van der Waals surface area contributed by atoms with Crippen molar-refractivity contribution in [1.29, 1.82) is 10.8 Å². The fourth-order valence-electron chi connectivity index (χ4n) is 2.63. The molecule has 0 aliphatic carbocycles. The van der Waals surface area contributed by atoms with Crippen molar-refractivity contribution in [1.82, 2.24) is 20.1 Å². The minimum Gasteiger partial charge on any atom is -0.470 e. The number of rotatable bonds is 5. The summed E-state index contributed by atoms with van der Waals surface area (Å²) >= 11 is 0. The van der Waals surface area contributed by atoms with E-state index in [4.69, 9.17) is 24.6 Å². The molecule has 3 aromatic heterocycles. The Balaban J connectivity index is 1.76. The first-order valence-electron chi connectivity index (χ1n) is 8.19. The number of hydrogen-bond donors (Lipinski definition) is 2. The number of aryl methyl sites for hydroxylation is 1. The number of ether oxygens (including phenoxy) is 1. The molecule has 0 bridgehead atoms. The number of carbonyl (C=O) groups excluding carboxylic acids is 1. The summed E-state index contributed by atoms with van der Waals surface area (Å²) < 4.78 is 16.7. The van der Waals surface area contributed by atoms with Crippen molar-refractivity contribution in [2.45, 2.75) is 13.5 Å². The number of fused-ring (bicyclic) bond motifs is 1. The zero-order chi connectivity index (χ0) is 19.7. The summed E-state index contributed by atoms with van der Waals surface area (Å²) in [5.41, 5.74) is 0.673. The van der Waals surface area contributed by atoms with Gasteiger partial charge in [0.15, 0.2) is 29.1 Å². The van der Waals surface area contributed by atoms with Crippen molar-refractivity contribution >= 4 is 22.9 Å². The summed E-state index contributed by atoms with van der Waals surface area (Å²) in [6.07, 6.45) is 0.550. The Morgan fingerprint density at radius 1 is 1.21 bits per heavy atom. The zero-order valence-electron chi connectivity index (χ0n) is 14.7. The Kier molecular flexibility index (Phi) is 4.28. The van der Waals surface area contributed by atoms with Crippen LogP contribution in [0.5, 0.6) is 5.88 Å². The molecule has 0 fully saturated rings. The van der Waals surface area contributed by atoms with Gasteiger partial charge in [0, 0.05) is 22.9 Å². The lowest BCUT2D eigenvalue weighted by Crippen LogP contribution is -2.30. The number of nitrogens with zero attached hydrogens (tertiary/aromatic N) is 4. The molecular weight excluding hydrogens is 364 g/mol. The fraction of sp³-hybridized carbons (Fsp3) is 0.111. The predicted octanol–water partition coefficient (Wildman–Crippen LogP) is 2.07. The Morgan fingerprint density at radius 2 is 2.00 bits per heavy atom. The van der Waals surface area contributed by atoms with Gasteiger partial charge in [0.1, 0.15) is 18.1 Å². The molecule has 4 rings (SSSR count). The van der Waals surface area contributed by atoms with Crippen molar-refractivity contribution < 1.29 is 18.6 Å². The number of carbonyl (C=O) groups is 1. The molecular formula is C18H14N6O4. The van der Waals surface area contributed by atoms with Crippen LogP contribution in [-0.4, -0.2) is 32.2 Å². The maximum atomic E-state index is 10.7. The van der Waals surface area contributed by atoms with Crippen LogP contribution in [0.25, 0.3) is 10.8 Å². The predicted molar refractivity (Wildman–Crippen MR) is 95.3 cm³/mol. The molecule has 10 heteroatoms. The normalized spacial score (nSPS) is 10.9. The topological polar surface area (TPSA) is 144 Å². The highest BCUT2D eigenvalue weighted by Gasteiger charge is 2.16. The van der Waals surface area contributed by atoms with Crippen LogP contribution in [-0.2, 0) is 6.61 Å². The van der Waals surface area contributed by atoms with E-state index in [2.05, 4.69) is 15.4 Å². The molecule has 0 saturated heterocycles. The van der Waals surface area contributed by atoms with E-state index >= 15 is 0 Å². The first-order chi connectivity index (χ1) is 13.6. The molecule has 3 heterocycles. The van der Waals surface area contributed by atoms with Gasteiger partial charge in [-0.2, -0.15) is 4.68 Å². The maximum absolute atomic E-state index is 10.7. The van der Waals surface area contributed by atoms with Crippen LogP contribution in [0.4, 0.5) is 0 Å². The molecule has 0 atom stereocenters. The average Bonchev–Trinajstić information content (AvgIpc) is 3.36. The molecule has 2 N–H and O–H groups in total. The minimum absolute atomic E-state index is 0.00207. The Morgan fingerprint density at radius 3 is 2.68 bits per heavy atom. The van der Waals surface area contributed by atoms with Gasteiger partial charge in [0.2, 0.25) is 5.88 Å². The molecule has 1 aromatic carbocycles. The van der Waals surface area contributed by atoms with Gasteiger partial charge in [0.05, 0.1) is 0 Å². The van der Waals surface area contributed by atoms with E-state index in [0.717, 1.165) is 4.68 Å². The molecule has 28 heavy (non-hydrogen) atoms. The van der Waals surface area contributed by atoms with E-state index in [1.54, 1.807) is 37.3 Å². The average molecular weight is 378 g/mol. The van der Waals surface area contributed by atoms with Gasteiger partial charge in [0.25, 0.3) is 0 Å². The third-order valence-electron chi connectivity index (χ3n) is 3.95. The highest BCUT2D eigenvalue weighted by Crippen LogP contribution is 2.21. The summed E-state index contributed by atoms with van der Waals surface area (Å²) in [5, 5.41) is 29.8. The van der Waals surface area contributed by atoms with Gasteiger partial charge in [-0.3, -0.25) is 15.6 Å². The second-order valence-corrected chi connectivity index (χ2v) is 5.91. The Labute approximate surface area is 157 Å². The number of benzene rings is 1. The maximum Gasteiger partial charge on any atom is 0.240 e. The highest BCUT2D eigenvalue weighted by molar-refractivity contribution is 5.97. The number of aldehydes is 1. The van der Waals surface area contributed by atoms with Crippen LogP contribution in [0, 0.1) is 17.7 Å². The summed E-state index contributed by atoms with van der Waals surface area (Å²) in [6, 6.07) is 10.1. The minimum atomic E-state index is -0.123. The van der Waals surface area contributed by atoms with E-state index in [1.807, 2.05) is 0 Å². The molecule has 4 aromatic rings. The molecule has 10 nitrogen and oxygen atoms in total. The lowest BCUT2D eigenvalue weighted by molar-refractivity contribution is 0.109.